The highest BCUT2D eigenvalue weighted by Gasteiger charge is 2.30. The van der Waals surface area contributed by atoms with Crippen molar-refractivity contribution in [2.45, 2.75) is 270 Å². The molecule has 9 nitrogen and oxygen atoms in total. The molecule has 0 aliphatic carbocycles. The molecule has 0 rings (SSSR count). The largest absolute Gasteiger partial charge is 0.472 e. The molecule has 0 saturated carbocycles. The molecule has 0 fully saturated rings. The van der Waals surface area contributed by atoms with Gasteiger partial charge in [0.1, 0.15) is 19.3 Å². The lowest BCUT2D eigenvalue weighted by Gasteiger charge is -2.27. The third-order valence-electron chi connectivity index (χ3n) is 13.2. The van der Waals surface area contributed by atoms with Crippen LogP contribution in [0.4, 0.5) is 0 Å². The van der Waals surface area contributed by atoms with E-state index in [1.165, 1.54) is 103 Å². The quantitative estimate of drug-likeness (QED) is 0.0205. The topological polar surface area (TPSA) is 111 Å². The van der Waals surface area contributed by atoms with Gasteiger partial charge in [-0.15, -0.1) is 0 Å². The Labute approximate surface area is 468 Å². The third kappa shape index (κ3) is 55.7. The van der Waals surface area contributed by atoms with Crippen molar-refractivity contribution in [1.82, 2.24) is 5.32 Å². The highest BCUT2D eigenvalue weighted by Crippen LogP contribution is 2.43. The molecule has 2 N–H and O–H groups in total. The number of rotatable bonds is 55. The Bertz CT molecular complexity index is 1620. The number of esters is 1. The second kappa shape index (κ2) is 55.3. The Balaban J connectivity index is 5.35. The number of phosphoric acid groups is 1. The Kier molecular flexibility index (Phi) is 53.0. The summed E-state index contributed by atoms with van der Waals surface area (Å²) in [5.74, 6) is -0.555. The van der Waals surface area contributed by atoms with Crippen molar-refractivity contribution in [2.24, 2.45) is 0 Å². The minimum Gasteiger partial charge on any atom is -0.456 e. The summed E-state index contributed by atoms with van der Waals surface area (Å²) in [6.45, 7) is 6.92. The van der Waals surface area contributed by atoms with Gasteiger partial charge in [-0.3, -0.25) is 18.6 Å². The molecular formula is C66H118N2O7P+. The van der Waals surface area contributed by atoms with Crippen LogP contribution in [-0.2, 0) is 27.9 Å². The number of nitrogens with one attached hydrogen (secondary N) is 1. The van der Waals surface area contributed by atoms with Crippen molar-refractivity contribution in [1.29, 1.82) is 0 Å². The minimum atomic E-state index is -4.46. The van der Waals surface area contributed by atoms with Gasteiger partial charge < -0.3 is 19.4 Å². The third-order valence-corrected chi connectivity index (χ3v) is 14.2. The highest BCUT2D eigenvalue weighted by atomic mass is 31.2. The van der Waals surface area contributed by atoms with E-state index in [0.29, 0.717) is 30.3 Å². The first-order valence-electron chi connectivity index (χ1n) is 31.1. The molecule has 0 saturated heterocycles. The second-order valence-corrected chi connectivity index (χ2v) is 23.3. The van der Waals surface area contributed by atoms with Crippen molar-refractivity contribution in [3.05, 3.63) is 97.2 Å². The second-order valence-electron chi connectivity index (χ2n) is 21.9. The van der Waals surface area contributed by atoms with Crippen LogP contribution in [0.5, 0.6) is 0 Å². The standard InChI is InChI=1S/C66H117N2O7P/c1-7-10-13-16-19-22-25-28-30-32-33-34-35-37-39-41-44-47-50-53-56-59-66(70)75-64(57-54-51-48-45-42-27-24-21-18-15-12-9-3)63(62-74-76(71,72)73-61-60-68(4,5)6)67-65(69)58-55-52-49-46-43-40-38-36-31-29-26-23-20-17-14-11-8-2/h19-20,22-23,28-31,33-34,37-40,54,57,63-64H,7-18,21,24-27,32,35-36,41-53,55-56,58-62H2,1-6H3,(H-,67,69,71,72)/p+1/b22-19-,23-20-,30-28-,31-29-,34-33-,39-37-,40-38-,57-54+. The van der Waals surface area contributed by atoms with Crippen molar-refractivity contribution in [3.8, 4) is 0 Å². The first kappa shape index (κ1) is 72.9. The Hall–Kier alpha value is -3.07. The van der Waals surface area contributed by atoms with Crippen LogP contribution < -0.4 is 5.32 Å². The molecule has 10 heteroatoms. The normalized spacial score (nSPS) is 14.4. The maximum Gasteiger partial charge on any atom is 0.472 e. The lowest BCUT2D eigenvalue weighted by Crippen LogP contribution is -2.47. The summed E-state index contributed by atoms with van der Waals surface area (Å²) < 4.78 is 30.7. The van der Waals surface area contributed by atoms with Crippen molar-refractivity contribution < 1.29 is 37.3 Å². The minimum absolute atomic E-state index is 0.0278. The van der Waals surface area contributed by atoms with Gasteiger partial charge in [0.15, 0.2) is 0 Å². The van der Waals surface area contributed by atoms with Gasteiger partial charge in [0.2, 0.25) is 5.91 Å². The zero-order chi connectivity index (χ0) is 55.7. The van der Waals surface area contributed by atoms with E-state index >= 15 is 0 Å². The monoisotopic (exact) mass is 1080 g/mol. The maximum atomic E-state index is 13.5. The summed E-state index contributed by atoms with van der Waals surface area (Å²) in [6.07, 6.45) is 74.0. The molecule has 0 spiro atoms. The van der Waals surface area contributed by atoms with Crippen LogP contribution in [-0.4, -0.2) is 74.3 Å². The fourth-order valence-corrected chi connectivity index (χ4v) is 9.14. The number of phosphoric ester groups is 1. The molecule has 76 heavy (non-hydrogen) atoms. The van der Waals surface area contributed by atoms with Crippen molar-refractivity contribution in [3.63, 3.8) is 0 Å². The number of likely N-dealkylation sites (N-methyl/N-ethyl adjacent to an activating group) is 1. The lowest BCUT2D eigenvalue weighted by atomic mass is 10.0. The molecule has 1 amide bonds. The summed E-state index contributed by atoms with van der Waals surface area (Å²) in [4.78, 5) is 37.7. The molecule has 0 bridgehead atoms. The van der Waals surface area contributed by atoms with Gasteiger partial charge in [0, 0.05) is 12.8 Å². The summed E-state index contributed by atoms with van der Waals surface area (Å²) in [5, 5.41) is 3.04. The lowest BCUT2D eigenvalue weighted by molar-refractivity contribution is -0.870. The number of hydrogen-bond acceptors (Lipinski definition) is 6. The van der Waals surface area contributed by atoms with E-state index in [-0.39, 0.29) is 31.5 Å². The van der Waals surface area contributed by atoms with Gasteiger partial charge >= 0.3 is 13.8 Å². The number of allylic oxidation sites excluding steroid dienone is 15. The smallest absolute Gasteiger partial charge is 0.456 e. The Morgan fingerprint density at radius 1 is 0.461 bits per heavy atom. The van der Waals surface area contributed by atoms with Crippen LogP contribution in [0.3, 0.4) is 0 Å². The molecule has 438 valence electrons. The average Bonchev–Trinajstić information content (AvgIpc) is 3.38. The maximum absolute atomic E-state index is 13.5. The summed E-state index contributed by atoms with van der Waals surface area (Å²) in [5.41, 5.74) is 0. The predicted octanol–water partition coefficient (Wildman–Crippen LogP) is 19.2. The number of nitrogens with zero attached hydrogens (tertiary/aromatic N) is 1. The van der Waals surface area contributed by atoms with Gasteiger partial charge in [0.05, 0.1) is 33.8 Å². The van der Waals surface area contributed by atoms with E-state index in [1.807, 2.05) is 33.3 Å². The Morgan fingerprint density at radius 3 is 1.22 bits per heavy atom. The van der Waals surface area contributed by atoms with E-state index in [2.05, 4.69) is 111 Å². The van der Waals surface area contributed by atoms with Gasteiger partial charge in [0.25, 0.3) is 0 Å². The van der Waals surface area contributed by atoms with Gasteiger partial charge in [-0.25, -0.2) is 4.57 Å². The van der Waals surface area contributed by atoms with Gasteiger partial charge in [-0.1, -0.05) is 227 Å². The highest BCUT2D eigenvalue weighted by molar-refractivity contribution is 7.47. The van der Waals surface area contributed by atoms with Gasteiger partial charge in [-0.2, -0.15) is 0 Å². The van der Waals surface area contributed by atoms with E-state index < -0.39 is 20.0 Å². The molecular weight excluding hydrogens is 964 g/mol. The first-order chi connectivity index (χ1) is 36.9. The first-order valence-corrected chi connectivity index (χ1v) is 32.6. The molecule has 0 radical (unpaired) electrons. The molecule has 3 unspecified atom stereocenters. The molecule has 0 aliphatic rings. The molecule has 0 heterocycles. The van der Waals surface area contributed by atoms with Crippen molar-refractivity contribution in [2.75, 3.05) is 40.9 Å². The van der Waals surface area contributed by atoms with Gasteiger partial charge in [-0.05, 0) is 115 Å². The van der Waals surface area contributed by atoms with E-state index in [9.17, 15) is 19.0 Å². The molecule has 0 aromatic rings. The number of amides is 1. The van der Waals surface area contributed by atoms with Crippen LogP contribution in [0.1, 0.15) is 258 Å². The van der Waals surface area contributed by atoms with Crippen LogP contribution >= 0.6 is 7.82 Å². The summed E-state index contributed by atoms with van der Waals surface area (Å²) in [6, 6.07) is -0.873. The fourth-order valence-electron chi connectivity index (χ4n) is 8.40. The molecule has 3 atom stereocenters. The fraction of sp³-hybridized carbons (Fsp3) is 0.727. The molecule has 0 aromatic heterocycles. The van der Waals surface area contributed by atoms with E-state index in [4.69, 9.17) is 13.8 Å². The number of ether oxygens (including phenoxy) is 1. The molecule has 0 aliphatic heterocycles. The summed E-state index contributed by atoms with van der Waals surface area (Å²) in [7, 11) is 1.46. The average molecular weight is 1080 g/mol. The zero-order valence-corrected chi connectivity index (χ0v) is 50.9. The number of unbranched alkanes of at least 4 members (excludes halogenated alkanes) is 25. The number of quaternary nitrogens is 1. The summed E-state index contributed by atoms with van der Waals surface area (Å²) >= 11 is 0. The SMILES string of the molecule is CCCCC/C=C\C/C=C\C/C=C\C/C=C\CCCCCCCC(=O)OC(/C=C/CCCCCCCCCCCC)C(COP(=O)(O)OCC[N+](C)(C)C)NC(=O)CCCCCC/C=C\C/C=C\C/C=C\CCCCC. The van der Waals surface area contributed by atoms with Crippen molar-refractivity contribution >= 4 is 19.7 Å². The van der Waals surface area contributed by atoms with Crippen LogP contribution in [0, 0.1) is 0 Å². The van der Waals surface area contributed by atoms with E-state index in [0.717, 1.165) is 109 Å². The van der Waals surface area contributed by atoms with E-state index in [1.54, 1.807) is 0 Å². The van der Waals surface area contributed by atoms with Crippen LogP contribution in [0.25, 0.3) is 0 Å². The number of hydrogen-bond donors (Lipinski definition) is 2. The molecule has 0 aromatic carbocycles. The number of carbonyl (C=O) groups excluding carboxylic acids is 2. The predicted molar refractivity (Wildman–Crippen MR) is 327 cm³/mol. The number of carbonyl (C=O) groups is 2. The Morgan fingerprint density at radius 2 is 0.803 bits per heavy atom. The zero-order valence-electron chi connectivity index (χ0n) is 50.0. The van der Waals surface area contributed by atoms with Crippen LogP contribution in [0.15, 0.2) is 97.2 Å². The van der Waals surface area contributed by atoms with Crippen LogP contribution in [0.2, 0.25) is 0 Å².